The molecule has 106 valence electrons. The Labute approximate surface area is 114 Å². The van der Waals surface area contributed by atoms with Gasteiger partial charge in [0.15, 0.2) is 0 Å². The minimum absolute atomic E-state index is 1.02. The molecule has 1 aliphatic carbocycles. The summed E-state index contributed by atoms with van der Waals surface area (Å²) < 4.78 is 0. The molecule has 0 aromatic heterocycles. The second kappa shape index (κ2) is 7.53. The summed E-state index contributed by atoms with van der Waals surface area (Å²) >= 11 is 0. The maximum absolute atomic E-state index is 2.75. The maximum atomic E-state index is 2.75. The molecule has 1 aliphatic heterocycles. The van der Waals surface area contributed by atoms with Crippen molar-refractivity contribution >= 4 is 0 Å². The highest BCUT2D eigenvalue weighted by molar-refractivity contribution is 4.81. The van der Waals surface area contributed by atoms with Crippen molar-refractivity contribution in [2.24, 2.45) is 17.8 Å². The molecular formula is C17H33N. The van der Waals surface area contributed by atoms with E-state index >= 15 is 0 Å². The third kappa shape index (κ3) is 4.57. The Bertz CT molecular complexity index is 212. The average Bonchev–Trinajstić information content (AvgIpc) is 2.35. The highest BCUT2D eigenvalue weighted by Crippen LogP contribution is 2.34. The van der Waals surface area contributed by atoms with Crippen LogP contribution >= 0.6 is 0 Å². The number of likely N-dealkylation sites (tertiary alicyclic amines) is 1. The van der Waals surface area contributed by atoms with Crippen molar-refractivity contribution in [2.45, 2.75) is 71.6 Å². The highest BCUT2D eigenvalue weighted by Gasteiger charge is 2.28. The van der Waals surface area contributed by atoms with Gasteiger partial charge in [-0.15, -0.1) is 0 Å². The van der Waals surface area contributed by atoms with Gasteiger partial charge in [-0.1, -0.05) is 46.0 Å². The van der Waals surface area contributed by atoms with E-state index in [4.69, 9.17) is 0 Å². The summed E-state index contributed by atoms with van der Waals surface area (Å²) in [5.74, 6) is 3.12. The molecule has 18 heavy (non-hydrogen) atoms. The van der Waals surface area contributed by atoms with Gasteiger partial charge < -0.3 is 4.90 Å². The van der Waals surface area contributed by atoms with Crippen molar-refractivity contribution in [1.29, 1.82) is 0 Å². The van der Waals surface area contributed by atoms with Crippen LogP contribution in [0, 0.1) is 17.8 Å². The van der Waals surface area contributed by atoms with Gasteiger partial charge in [-0.3, -0.25) is 0 Å². The van der Waals surface area contributed by atoms with Gasteiger partial charge in [-0.2, -0.15) is 0 Å². The Morgan fingerprint density at radius 2 is 1.67 bits per heavy atom. The Balaban J connectivity index is 1.51. The second-order valence-corrected chi connectivity index (χ2v) is 7.04. The van der Waals surface area contributed by atoms with Gasteiger partial charge >= 0.3 is 0 Å². The van der Waals surface area contributed by atoms with Crippen LogP contribution in [0.4, 0.5) is 0 Å². The van der Waals surface area contributed by atoms with Crippen LogP contribution in [0.3, 0.4) is 0 Å². The average molecular weight is 251 g/mol. The fourth-order valence-corrected chi connectivity index (χ4v) is 3.90. The minimum Gasteiger partial charge on any atom is -0.303 e. The summed E-state index contributed by atoms with van der Waals surface area (Å²) in [5.41, 5.74) is 0. The predicted octanol–water partition coefficient (Wildman–Crippen LogP) is 4.71. The second-order valence-electron chi connectivity index (χ2n) is 7.04. The maximum Gasteiger partial charge on any atom is 0.000986 e. The van der Waals surface area contributed by atoms with Gasteiger partial charge in [-0.05, 0) is 56.5 Å². The van der Waals surface area contributed by atoms with Crippen molar-refractivity contribution in [3.63, 3.8) is 0 Å². The lowest BCUT2D eigenvalue weighted by atomic mass is 9.75. The summed E-state index contributed by atoms with van der Waals surface area (Å²) in [7, 11) is 0. The van der Waals surface area contributed by atoms with Crippen molar-refractivity contribution < 1.29 is 0 Å². The third-order valence-corrected chi connectivity index (χ3v) is 5.16. The van der Waals surface area contributed by atoms with E-state index in [1.807, 2.05) is 0 Å². The van der Waals surface area contributed by atoms with Gasteiger partial charge in [0.05, 0.1) is 0 Å². The summed E-state index contributed by atoms with van der Waals surface area (Å²) in [6, 6.07) is 0. The van der Waals surface area contributed by atoms with E-state index < -0.39 is 0 Å². The van der Waals surface area contributed by atoms with Gasteiger partial charge in [0, 0.05) is 6.54 Å². The van der Waals surface area contributed by atoms with E-state index in [2.05, 4.69) is 18.7 Å². The molecule has 2 fully saturated rings. The largest absolute Gasteiger partial charge is 0.303 e. The first-order valence-corrected chi connectivity index (χ1v) is 8.50. The fourth-order valence-electron chi connectivity index (χ4n) is 3.90. The lowest BCUT2D eigenvalue weighted by Gasteiger charge is -2.39. The van der Waals surface area contributed by atoms with Crippen LogP contribution in [0.2, 0.25) is 0 Å². The number of nitrogens with zero attached hydrogens (tertiary/aromatic N) is 1. The Morgan fingerprint density at radius 3 is 2.28 bits per heavy atom. The number of rotatable bonds is 7. The topological polar surface area (TPSA) is 3.24 Å². The minimum atomic E-state index is 1.02. The SMILES string of the molecule is CCCCCCC1CCN(CC2CC(C)C2)CC1. The van der Waals surface area contributed by atoms with Crippen molar-refractivity contribution in [1.82, 2.24) is 4.90 Å². The molecule has 0 aromatic carbocycles. The molecule has 1 saturated carbocycles. The van der Waals surface area contributed by atoms with E-state index in [-0.39, 0.29) is 0 Å². The van der Waals surface area contributed by atoms with Gasteiger partial charge in [0.1, 0.15) is 0 Å². The van der Waals surface area contributed by atoms with Crippen LogP contribution in [0.1, 0.15) is 71.6 Å². The summed E-state index contributed by atoms with van der Waals surface area (Å²) in [6.07, 6.45) is 13.2. The van der Waals surface area contributed by atoms with Crippen molar-refractivity contribution in [2.75, 3.05) is 19.6 Å². The smallest absolute Gasteiger partial charge is 0.000986 e. The third-order valence-electron chi connectivity index (χ3n) is 5.16. The summed E-state index contributed by atoms with van der Waals surface area (Å²) in [5, 5.41) is 0. The molecule has 0 amide bonds. The zero-order chi connectivity index (χ0) is 12.8. The number of hydrogen-bond donors (Lipinski definition) is 0. The molecule has 1 nitrogen and oxygen atoms in total. The molecule has 0 aromatic rings. The van der Waals surface area contributed by atoms with Crippen LogP contribution < -0.4 is 0 Å². The van der Waals surface area contributed by atoms with Crippen molar-refractivity contribution in [3.8, 4) is 0 Å². The van der Waals surface area contributed by atoms with Crippen LogP contribution in [-0.2, 0) is 0 Å². The first-order valence-electron chi connectivity index (χ1n) is 8.50. The van der Waals surface area contributed by atoms with E-state index in [9.17, 15) is 0 Å². The molecule has 0 N–H and O–H groups in total. The van der Waals surface area contributed by atoms with Crippen LogP contribution in [0.15, 0.2) is 0 Å². The Hall–Kier alpha value is -0.0400. The monoisotopic (exact) mass is 251 g/mol. The predicted molar refractivity (Wildman–Crippen MR) is 79.8 cm³/mol. The molecule has 2 rings (SSSR count). The van der Waals surface area contributed by atoms with E-state index in [0.717, 1.165) is 17.8 Å². The molecule has 0 radical (unpaired) electrons. The molecule has 0 bridgehead atoms. The lowest BCUT2D eigenvalue weighted by Crippen LogP contribution is -2.40. The molecule has 0 unspecified atom stereocenters. The molecule has 1 heterocycles. The summed E-state index contributed by atoms with van der Waals surface area (Å²) in [4.78, 5) is 2.75. The number of unbranched alkanes of at least 4 members (excludes halogenated alkanes) is 3. The lowest BCUT2D eigenvalue weighted by molar-refractivity contribution is 0.102. The molecule has 1 heteroatoms. The van der Waals surface area contributed by atoms with Gasteiger partial charge in [-0.25, -0.2) is 0 Å². The zero-order valence-electron chi connectivity index (χ0n) is 12.7. The Morgan fingerprint density at radius 1 is 0.944 bits per heavy atom. The van der Waals surface area contributed by atoms with Crippen LogP contribution in [0.5, 0.6) is 0 Å². The van der Waals surface area contributed by atoms with Crippen LogP contribution in [0.25, 0.3) is 0 Å². The summed E-state index contributed by atoms with van der Waals surface area (Å²) in [6.45, 7) is 8.90. The first-order chi connectivity index (χ1) is 8.78. The number of piperidine rings is 1. The normalized spacial score (nSPS) is 30.3. The van der Waals surface area contributed by atoms with Crippen molar-refractivity contribution in [3.05, 3.63) is 0 Å². The van der Waals surface area contributed by atoms with Gasteiger partial charge in [0.25, 0.3) is 0 Å². The molecule has 0 spiro atoms. The van der Waals surface area contributed by atoms with E-state index in [0.29, 0.717) is 0 Å². The van der Waals surface area contributed by atoms with E-state index in [1.165, 1.54) is 77.4 Å². The molecule has 2 aliphatic rings. The zero-order valence-corrected chi connectivity index (χ0v) is 12.7. The number of hydrogen-bond acceptors (Lipinski definition) is 1. The standard InChI is InChI=1S/C17H33N/c1-3-4-5-6-7-16-8-10-18(11-9-16)14-17-12-15(2)13-17/h15-17H,3-14H2,1-2H3. The van der Waals surface area contributed by atoms with E-state index in [1.54, 1.807) is 0 Å². The quantitative estimate of drug-likeness (QED) is 0.592. The fraction of sp³-hybridized carbons (Fsp3) is 1.00. The first kappa shape index (κ1) is 14.4. The Kier molecular flexibility index (Phi) is 6.01. The molecule has 1 saturated heterocycles. The van der Waals surface area contributed by atoms with Crippen LogP contribution in [-0.4, -0.2) is 24.5 Å². The molecular weight excluding hydrogens is 218 g/mol. The molecule has 0 atom stereocenters. The highest BCUT2D eigenvalue weighted by atomic mass is 15.1. The van der Waals surface area contributed by atoms with Gasteiger partial charge in [0.2, 0.25) is 0 Å².